The van der Waals surface area contributed by atoms with Crippen LogP contribution in [0.2, 0.25) is 0 Å². The van der Waals surface area contributed by atoms with Gasteiger partial charge in [-0.25, -0.2) is 0 Å². The highest BCUT2D eigenvalue weighted by Crippen LogP contribution is 2.19. The molecule has 0 saturated carbocycles. The molecule has 0 bridgehead atoms. The Kier molecular flexibility index (Phi) is 70.4. The summed E-state index contributed by atoms with van der Waals surface area (Å²) in [6, 6.07) is -0.537. The van der Waals surface area contributed by atoms with Gasteiger partial charge >= 0.3 is 5.97 Å². The summed E-state index contributed by atoms with van der Waals surface area (Å²) in [4.78, 5) is 24.6. The molecule has 6 heteroatoms. The number of carbonyl (C=O) groups is 2. The summed E-state index contributed by atoms with van der Waals surface area (Å²) < 4.78 is 5.51. The van der Waals surface area contributed by atoms with Crippen LogP contribution in [-0.4, -0.2) is 47.4 Å². The number of nitrogens with one attached hydrogen (secondary N) is 1. The molecule has 0 aromatic heterocycles. The molecule has 0 rings (SSSR count). The second-order valence-corrected chi connectivity index (χ2v) is 26.0. The number of carbonyl (C=O) groups excluding carboxylic acids is 2. The van der Waals surface area contributed by atoms with Crippen molar-refractivity contribution in [1.82, 2.24) is 5.32 Å². The highest BCUT2D eigenvalue weighted by Gasteiger charge is 2.20. The van der Waals surface area contributed by atoms with Gasteiger partial charge in [0, 0.05) is 12.8 Å². The minimum atomic E-state index is -0.660. The van der Waals surface area contributed by atoms with Crippen LogP contribution in [0.4, 0.5) is 0 Å². The van der Waals surface area contributed by atoms with Gasteiger partial charge < -0.3 is 20.3 Å². The third kappa shape index (κ3) is 67.5. The lowest BCUT2D eigenvalue weighted by Gasteiger charge is -2.22. The van der Waals surface area contributed by atoms with Crippen LogP contribution >= 0.6 is 0 Å². The van der Waals surface area contributed by atoms with Gasteiger partial charge in [0.2, 0.25) is 5.91 Å². The van der Waals surface area contributed by atoms with Crippen molar-refractivity contribution in [3.63, 3.8) is 0 Å². The molecule has 2 unspecified atom stereocenters. The van der Waals surface area contributed by atoms with Crippen LogP contribution in [0.25, 0.3) is 0 Å². The Labute approximate surface area is 513 Å². The number of unbranched alkanes of at least 4 members (excludes halogenated alkanes) is 56. The summed E-state index contributed by atoms with van der Waals surface area (Å²) in [6.07, 6.45) is 91.3. The van der Waals surface area contributed by atoms with Gasteiger partial charge in [-0.3, -0.25) is 9.59 Å². The molecule has 0 heterocycles. The first-order chi connectivity index (χ1) is 40.5. The predicted octanol–water partition coefficient (Wildman–Crippen LogP) is 24.5. The summed E-state index contributed by atoms with van der Waals surface area (Å²) >= 11 is 0. The fourth-order valence-corrected chi connectivity index (χ4v) is 12.0. The largest absolute Gasteiger partial charge is 0.466 e. The summed E-state index contributed by atoms with van der Waals surface area (Å²) in [7, 11) is 0. The van der Waals surface area contributed by atoms with Gasteiger partial charge in [-0.1, -0.05) is 378 Å². The van der Waals surface area contributed by atoms with E-state index in [-0.39, 0.29) is 18.5 Å². The van der Waals surface area contributed by atoms with E-state index in [2.05, 4.69) is 43.5 Å². The molecule has 6 nitrogen and oxygen atoms in total. The number of hydrogen-bond donors (Lipinski definition) is 3. The predicted molar refractivity (Wildman–Crippen MR) is 361 cm³/mol. The van der Waals surface area contributed by atoms with Gasteiger partial charge in [0.15, 0.2) is 0 Å². The molecule has 0 aliphatic carbocycles. The Balaban J connectivity index is 3.32. The van der Waals surface area contributed by atoms with Crippen molar-refractivity contribution in [2.75, 3.05) is 13.2 Å². The number of esters is 1. The van der Waals surface area contributed by atoms with E-state index in [9.17, 15) is 19.8 Å². The maximum absolute atomic E-state index is 12.5. The maximum atomic E-state index is 12.5. The Morgan fingerprint density at radius 3 is 0.927 bits per heavy atom. The van der Waals surface area contributed by atoms with E-state index >= 15 is 0 Å². The van der Waals surface area contributed by atoms with Crippen LogP contribution in [0.1, 0.15) is 425 Å². The van der Waals surface area contributed by atoms with Crippen molar-refractivity contribution in [2.24, 2.45) is 0 Å². The van der Waals surface area contributed by atoms with Gasteiger partial charge in [-0.15, -0.1) is 0 Å². The molecule has 0 radical (unpaired) electrons. The van der Waals surface area contributed by atoms with E-state index < -0.39 is 12.1 Å². The molecule has 0 aliphatic heterocycles. The van der Waals surface area contributed by atoms with Crippen molar-refractivity contribution in [3.05, 3.63) is 24.3 Å². The van der Waals surface area contributed by atoms with Gasteiger partial charge in [0.25, 0.3) is 0 Å². The SMILES string of the molecule is CCCCCCCCCCCCCCCCCCCCC(=O)OCCCCCCCCCCCCCCC/C=C\C/C=C\CCCCCCCCCCCCCCCCCCCC(=O)NC(CO)C(O)CCCCCCCCCCCC. The van der Waals surface area contributed by atoms with Gasteiger partial charge in [-0.2, -0.15) is 0 Å². The van der Waals surface area contributed by atoms with E-state index in [1.54, 1.807) is 0 Å². The summed E-state index contributed by atoms with van der Waals surface area (Å²) in [5.74, 6) is -0.00794. The van der Waals surface area contributed by atoms with Crippen molar-refractivity contribution in [2.45, 2.75) is 437 Å². The molecule has 1 amide bonds. The summed E-state index contributed by atoms with van der Waals surface area (Å²) in [5, 5.41) is 23.2. The molecule has 0 aliphatic rings. The summed E-state index contributed by atoms with van der Waals surface area (Å²) in [6.45, 7) is 4.98. The van der Waals surface area contributed by atoms with E-state index in [0.29, 0.717) is 25.9 Å². The highest BCUT2D eigenvalue weighted by molar-refractivity contribution is 5.76. The Morgan fingerprint density at radius 2 is 0.610 bits per heavy atom. The molecule has 3 N–H and O–H groups in total. The lowest BCUT2D eigenvalue weighted by atomic mass is 10.0. The van der Waals surface area contributed by atoms with Crippen molar-refractivity contribution >= 4 is 11.9 Å². The fraction of sp³-hybridized carbons (Fsp3) is 0.921. The minimum absolute atomic E-state index is 0.0239. The minimum Gasteiger partial charge on any atom is -0.466 e. The molecule has 2 atom stereocenters. The number of aliphatic hydroxyl groups is 2. The highest BCUT2D eigenvalue weighted by atomic mass is 16.5. The Bertz CT molecular complexity index is 1280. The molecule has 0 aromatic rings. The lowest BCUT2D eigenvalue weighted by Crippen LogP contribution is -2.45. The van der Waals surface area contributed by atoms with E-state index in [4.69, 9.17) is 4.74 Å². The quantitative estimate of drug-likeness (QED) is 0.0320. The molecule has 82 heavy (non-hydrogen) atoms. The van der Waals surface area contributed by atoms with Crippen molar-refractivity contribution in [3.8, 4) is 0 Å². The van der Waals surface area contributed by atoms with E-state index in [1.165, 1.54) is 347 Å². The lowest BCUT2D eigenvalue weighted by molar-refractivity contribution is -0.143. The number of rotatable bonds is 71. The fourth-order valence-electron chi connectivity index (χ4n) is 12.0. The first kappa shape index (κ1) is 80.3. The Hall–Kier alpha value is -1.66. The van der Waals surface area contributed by atoms with Crippen LogP contribution in [0.3, 0.4) is 0 Å². The normalized spacial score (nSPS) is 12.6. The standard InChI is InChI=1S/C76H147NO5/c1-3-5-7-9-11-13-15-16-17-18-41-44-47-50-54-58-62-66-70-76(81)82-71-67-63-59-55-51-48-45-42-39-37-35-33-31-29-27-25-23-21-19-20-22-24-26-28-30-32-34-36-38-40-43-46-49-53-57-61-65-69-75(80)77-73(72-78)74(79)68-64-60-56-52-14-12-10-8-6-4-2/h19,21,25,27,73-74,78-79H,3-18,20,22-24,26,28-72H2,1-2H3,(H,77,80)/b21-19-,27-25-. The number of amides is 1. The number of allylic oxidation sites excluding steroid dienone is 4. The van der Waals surface area contributed by atoms with Crippen LogP contribution in [0.15, 0.2) is 24.3 Å². The number of aliphatic hydroxyl groups excluding tert-OH is 2. The van der Waals surface area contributed by atoms with Gasteiger partial charge in [-0.05, 0) is 57.8 Å². The van der Waals surface area contributed by atoms with Gasteiger partial charge in [0.05, 0.1) is 25.4 Å². The number of ether oxygens (including phenoxy) is 1. The molecule has 0 saturated heterocycles. The third-order valence-electron chi connectivity index (χ3n) is 17.8. The first-order valence-electron chi connectivity index (χ1n) is 37.6. The molecule has 0 aromatic carbocycles. The van der Waals surface area contributed by atoms with Crippen molar-refractivity contribution in [1.29, 1.82) is 0 Å². The molecule has 0 spiro atoms. The second-order valence-electron chi connectivity index (χ2n) is 26.0. The Morgan fingerprint density at radius 1 is 0.341 bits per heavy atom. The monoisotopic (exact) mass is 1150 g/mol. The third-order valence-corrected chi connectivity index (χ3v) is 17.8. The van der Waals surface area contributed by atoms with Crippen LogP contribution in [0.5, 0.6) is 0 Å². The van der Waals surface area contributed by atoms with Crippen LogP contribution in [0, 0.1) is 0 Å². The average Bonchev–Trinajstić information content (AvgIpc) is 3.48. The smallest absolute Gasteiger partial charge is 0.305 e. The summed E-state index contributed by atoms with van der Waals surface area (Å²) in [5.41, 5.74) is 0. The van der Waals surface area contributed by atoms with Crippen molar-refractivity contribution < 1.29 is 24.5 Å². The first-order valence-corrected chi connectivity index (χ1v) is 37.6. The topological polar surface area (TPSA) is 95.9 Å². The zero-order valence-corrected chi connectivity index (χ0v) is 55.8. The zero-order valence-electron chi connectivity index (χ0n) is 55.8. The average molecular weight is 1160 g/mol. The van der Waals surface area contributed by atoms with E-state index in [0.717, 1.165) is 44.9 Å². The molecular weight excluding hydrogens is 1010 g/mol. The molecular formula is C76H147NO5. The molecule has 486 valence electrons. The van der Waals surface area contributed by atoms with E-state index in [1.807, 2.05) is 0 Å². The number of hydrogen-bond acceptors (Lipinski definition) is 5. The second kappa shape index (κ2) is 71.8. The van der Waals surface area contributed by atoms with Crippen LogP contribution in [-0.2, 0) is 14.3 Å². The van der Waals surface area contributed by atoms with Crippen LogP contribution < -0.4 is 5.32 Å². The van der Waals surface area contributed by atoms with Gasteiger partial charge in [0.1, 0.15) is 0 Å². The maximum Gasteiger partial charge on any atom is 0.305 e. The zero-order chi connectivity index (χ0) is 59.2. The molecule has 0 fully saturated rings.